The van der Waals surface area contributed by atoms with Crippen molar-refractivity contribution in [3.63, 3.8) is 0 Å². The van der Waals surface area contributed by atoms with Gasteiger partial charge < -0.3 is 29.5 Å². The third kappa shape index (κ3) is 7.39. The highest BCUT2D eigenvalue weighted by molar-refractivity contribution is 7.22. The lowest BCUT2D eigenvalue weighted by molar-refractivity contribution is -0.250. The number of benzene rings is 2. The number of pyridine rings is 1. The molecule has 2 atom stereocenters. The van der Waals surface area contributed by atoms with Gasteiger partial charge in [-0.3, -0.25) is 4.68 Å². The summed E-state index contributed by atoms with van der Waals surface area (Å²) in [4.78, 5) is 26.3. The van der Waals surface area contributed by atoms with Crippen molar-refractivity contribution in [1.29, 1.82) is 0 Å². The summed E-state index contributed by atoms with van der Waals surface area (Å²) in [5, 5.41) is 28.4. The van der Waals surface area contributed by atoms with Gasteiger partial charge in [0.15, 0.2) is 22.5 Å². The summed E-state index contributed by atoms with van der Waals surface area (Å²) < 4.78 is 21.2. The van der Waals surface area contributed by atoms with Crippen LogP contribution in [-0.2, 0) is 29.0 Å². The zero-order valence-corrected chi connectivity index (χ0v) is 37.0. The molecule has 4 aliphatic carbocycles. The number of ether oxygens (including phenoxy) is 3. The van der Waals surface area contributed by atoms with Crippen LogP contribution in [0.25, 0.3) is 21.3 Å². The lowest BCUT2D eigenvalue weighted by Gasteiger charge is -2.69. The van der Waals surface area contributed by atoms with Crippen LogP contribution < -0.4 is 15.0 Å². The Bertz CT molecular complexity index is 2630. The van der Waals surface area contributed by atoms with E-state index in [9.17, 15) is 9.90 Å². The van der Waals surface area contributed by atoms with E-state index >= 15 is 0 Å². The number of nitrogens with zero attached hydrogens (tertiary/aromatic N) is 7. The summed E-state index contributed by atoms with van der Waals surface area (Å²) in [6.07, 6.45) is 10.1. The fourth-order valence-electron chi connectivity index (χ4n) is 12.5. The first-order valence-corrected chi connectivity index (χ1v) is 22.5. The standard InChI is InChI=1S/C48H54N8O5S/c1-30-34-9-8-18-55(42(34)54-53-41(30)52-44-50-37-10-6-7-11-38(37)62-44)39-17-16-35(40(51-39)43(58)60-22-32-12-14-33(59-5)15-13-32)36-21-49-56(31(36)2)29-47-24-45(3)23-46(4,25-47)27-48(26-45,28-47)61-20-19-57/h6-7,10-17,21,57H,8-9,18-20,22-29H2,1-5H3,(H,50,52,53). The Hall–Kier alpha value is -5.44. The van der Waals surface area contributed by atoms with Crippen molar-refractivity contribution < 1.29 is 24.1 Å². The maximum Gasteiger partial charge on any atom is 0.358 e. The number of nitrogens with one attached hydrogen (secondary N) is 1. The monoisotopic (exact) mass is 854 g/mol. The molecule has 13 nitrogen and oxygen atoms in total. The van der Waals surface area contributed by atoms with Crippen LogP contribution in [0.4, 0.5) is 22.6 Å². The fraction of sp³-hybridized carbons (Fsp3) is 0.458. The third-order valence-corrected chi connectivity index (χ3v) is 14.8. The molecule has 322 valence electrons. The zero-order chi connectivity index (χ0) is 42.9. The summed E-state index contributed by atoms with van der Waals surface area (Å²) in [5.74, 6) is 2.20. The number of hydrogen-bond donors (Lipinski definition) is 2. The van der Waals surface area contributed by atoms with Crippen LogP contribution in [0.5, 0.6) is 5.75 Å². The molecule has 2 N–H and O–H groups in total. The molecule has 5 aliphatic rings. The normalized spacial score (nSPS) is 25.0. The Kier molecular flexibility index (Phi) is 10.1. The summed E-state index contributed by atoms with van der Waals surface area (Å²) in [5.41, 5.74) is 6.69. The van der Waals surface area contributed by atoms with Crippen molar-refractivity contribution >= 4 is 50.1 Å². The largest absolute Gasteiger partial charge is 0.497 e. The molecular weight excluding hydrogens is 801 g/mol. The molecule has 2 unspecified atom stereocenters. The van der Waals surface area contributed by atoms with Gasteiger partial charge in [0, 0.05) is 41.0 Å². The van der Waals surface area contributed by atoms with Crippen molar-refractivity contribution in [3.8, 4) is 16.9 Å². The van der Waals surface area contributed by atoms with Crippen LogP contribution >= 0.6 is 11.3 Å². The molecule has 0 radical (unpaired) electrons. The molecule has 6 aromatic rings. The summed E-state index contributed by atoms with van der Waals surface area (Å²) >= 11 is 1.58. The molecule has 4 fully saturated rings. The number of rotatable bonds is 13. The van der Waals surface area contributed by atoms with Gasteiger partial charge in [0.25, 0.3) is 0 Å². The Balaban J connectivity index is 0.974. The van der Waals surface area contributed by atoms with Crippen LogP contribution in [0.1, 0.15) is 91.7 Å². The SMILES string of the molecule is COc1ccc(COC(=O)c2nc(N3CCCc4c3nnc(Nc3nc5ccccc5s3)c4C)ccc2-c2cnn(CC34CC5(C)CC(C)(C3)CC(OCCO)(C5)C4)c2C)cc1. The first-order valence-electron chi connectivity index (χ1n) is 21.7. The van der Waals surface area contributed by atoms with Crippen molar-refractivity contribution in [2.24, 2.45) is 16.2 Å². The van der Waals surface area contributed by atoms with Crippen molar-refractivity contribution in [2.75, 3.05) is 37.1 Å². The minimum Gasteiger partial charge on any atom is -0.497 e. The number of hydrogen-bond acceptors (Lipinski definition) is 13. The number of aromatic nitrogens is 6. The minimum atomic E-state index is -0.524. The van der Waals surface area contributed by atoms with E-state index in [-0.39, 0.29) is 40.8 Å². The van der Waals surface area contributed by atoms with E-state index in [1.165, 1.54) is 6.42 Å². The molecule has 5 heterocycles. The van der Waals surface area contributed by atoms with Crippen LogP contribution in [-0.4, -0.2) is 73.5 Å². The zero-order valence-electron chi connectivity index (χ0n) is 36.2. The minimum absolute atomic E-state index is 0.00851. The number of carbonyl (C=O) groups excluding carboxylic acids is 1. The van der Waals surface area contributed by atoms with Crippen LogP contribution in [0.2, 0.25) is 0 Å². The topological polar surface area (TPSA) is 150 Å². The number of thiazole rings is 1. The fourth-order valence-corrected chi connectivity index (χ4v) is 13.3. The molecular formula is C48H54N8O5S. The highest BCUT2D eigenvalue weighted by Gasteiger charge is 2.66. The van der Waals surface area contributed by atoms with E-state index in [0.717, 1.165) is 106 Å². The first-order chi connectivity index (χ1) is 29.9. The summed E-state index contributed by atoms with van der Waals surface area (Å²) in [7, 11) is 1.63. The van der Waals surface area contributed by atoms with E-state index < -0.39 is 5.97 Å². The Morgan fingerprint density at radius 1 is 0.919 bits per heavy atom. The predicted molar refractivity (Wildman–Crippen MR) is 239 cm³/mol. The third-order valence-electron chi connectivity index (χ3n) is 13.8. The van der Waals surface area contributed by atoms with Gasteiger partial charge in [-0.1, -0.05) is 49.4 Å². The second-order valence-corrected chi connectivity index (χ2v) is 20.1. The van der Waals surface area contributed by atoms with Gasteiger partial charge in [0.2, 0.25) is 0 Å². The van der Waals surface area contributed by atoms with Gasteiger partial charge >= 0.3 is 5.97 Å². The number of aliphatic hydroxyl groups is 1. The van der Waals surface area contributed by atoms with Gasteiger partial charge in [-0.05, 0) is 123 Å². The number of esters is 1. The van der Waals surface area contributed by atoms with E-state index in [4.69, 9.17) is 34.4 Å². The van der Waals surface area contributed by atoms with Crippen LogP contribution in [0, 0.1) is 30.1 Å². The van der Waals surface area contributed by atoms with Gasteiger partial charge in [0.05, 0.1) is 42.3 Å². The Morgan fingerprint density at radius 2 is 1.71 bits per heavy atom. The second kappa shape index (κ2) is 15.4. The van der Waals surface area contributed by atoms with Gasteiger partial charge in [-0.25, -0.2) is 14.8 Å². The quantitative estimate of drug-likeness (QED) is 0.107. The van der Waals surface area contributed by atoms with Gasteiger partial charge in [-0.15, -0.1) is 10.2 Å². The molecule has 4 bridgehead atoms. The molecule has 11 rings (SSSR count). The molecule has 4 saturated carbocycles. The number of para-hydroxylation sites is 1. The number of anilines is 4. The Labute approximate surface area is 365 Å². The first kappa shape index (κ1) is 40.6. The lowest BCUT2D eigenvalue weighted by atomic mass is 9.39. The average Bonchev–Trinajstić information content (AvgIpc) is 3.83. The smallest absolute Gasteiger partial charge is 0.358 e. The highest BCUT2D eigenvalue weighted by atomic mass is 32.1. The highest BCUT2D eigenvalue weighted by Crippen LogP contribution is 2.72. The molecule has 14 heteroatoms. The van der Waals surface area contributed by atoms with Crippen molar-refractivity contribution in [3.05, 3.63) is 94.9 Å². The predicted octanol–water partition coefficient (Wildman–Crippen LogP) is 9.28. The van der Waals surface area contributed by atoms with E-state index in [0.29, 0.717) is 30.4 Å². The van der Waals surface area contributed by atoms with E-state index in [1.54, 1.807) is 18.4 Å². The van der Waals surface area contributed by atoms with Crippen molar-refractivity contribution in [2.45, 2.75) is 97.8 Å². The second-order valence-electron chi connectivity index (χ2n) is 19.1. The molecule has 1 aliphatic heterocycles. The molecule has 0 saturated heterocycles. The molecule has 0 spiro atoms. The van der Waals surface area contributed by atoms with E-state index in [2.05, 4.69) is 53.8 Å². The summed E-state index contributed by atoms with van der Waals surface area (Å²) in [6, 6.07) is 19.5. The Morgan fingerprint density at radius 3 is 2.47 bits per heavy atom. The molecule has 2 aromatic carbocycles. The molecule has 0 amide bonds. The number of fused-ring (bicyclic) bond motifs is 2. The van der Waals surface area contributed by atoms with Crippen LogP contribution in [0.3, 0.4) is 0 Å². The van der Waals surface area contributed by atoms with E-state index in [1.807, 2.05) is 60.8 Å². The number of carbonyl (C=O) groups is 1. The maximum absolute atomic E-state index is 14.3. The number of methoxy groups -OCH3 is 1. The van der Waals surface area contributed by atoms with Gasteiger partial charge in [0.1, 0.15) is 18.2 Å². The van der Waals surface area contributed by atoms with Crippen molar-refractivity contribution in [1.82, 2.24) is 29.9 Å². The lowest BCUT2D eigenvalue weighted by Crippen LogP contribution is -2.64. The molecule has 4 aromatic heterocycles. The van der Waals surface area contributed by atoms with Gasteiger partial charge in [-0.2, -0.15) is 5.10 Å². The maximum atomic E-state index is 14.3. The number of aliphatic hydroxyl groups excluding tert-OH is 1. The van der Waals surface area contributed by atoms with Crippen LogP contribution in [0.15, 0.2) is 66.9 Å². The molecule has 62 heavy (non-hydrogen) atoms. The summed E-state index contributed by atoms with van der Waals surface area (Å²) in [6.45, 7) is 10.9. The average molecular weight is 855 g/mol.